The van der Waals surface area contributed by atoms with Crippen LogP contribution >= 0.6 is 11.6 Å². The molecule has 0 unspecified atom stereocenters. The third-order valence-electron chi connectivity index (χ3n) is 3.31. The highest BCUT2D eigenvalue weighted by Crippen LogP contribution is 2.16. The summed E-state index contributed by atoms with van der Waals surface area (Å²) in [6, 6.07) is 7.42. The predicted molar refractivity (Wildman–Crippen MR) is 80.8 cm³/mol. The van der Waals surface area contributed by atoms with Crippen molar-refractivity contribution in [1.82, 2.24) is 19.3 Å². The van der Waals surface area contributed by atoms with Gasteiger partial charge in [0.2, 0.25) is 0 Å². The summed E-state index contributed by atoms with van der Waals surface area (Å²) in [5.74, 6) is 0. The molecule has 1 aromatic carbocycles. The summed E-state index contributed by atoms with van der Waals surface area (Å²) in [6.45, 7) is 2.50. The number of fused-ring (bicyclic) bond motifs is 1. The second-order valence-corrected chi connectivity index (χ2v) is 5.07. The minimum absolute atomic E-state index is 0.293. The van der Waals surface area contributed by atoms with Gasteiger partial charge in [-0.25, -0.2) is 4.79 Å². The maximum atomic E-state index is 12.2. The normalized spacial score (nSPS) is 11.1. The Kier molecular flexibility index (Phi) is 3.39. The summed E-state index contributed by atoms with van der Waals surface area (Å²) in [5.41, 5.74) is 0.409. The first-order chi connectivity index (χ1) is 10.1. The Balaban J connectivity index is 2.10. The number of rotatable bonds is 3. The molecule has 2 heterocycles. The van der Waals surface area contributed by atoms with Crippen molar-refractivity contribution in [3.8, 4) is 0 Å². The lowest BCUT2D eigenvalue weighted by Crippen LogP contribution is -2.34. The van der Waals surface area contributed by atoms with E-state index in [9.17, 15) is 9.59 Å². The monoisotopic (exact) mass is 304 g/mol. The number of hydrogen-bond donors (Lipinski definition) is 1. The van der Waals surface area contributed by atoms with Crippen molar-refractivity contribution in [3.05, 3.63) is 61.9 Å². The van der Waals surface area contributed by atoms with Crippen molar-refractivity contribution in [2.75, 3.05) is 0 Å². The maximum absolute atomic E-state index is 12.2. The van der Waals surface area contributed by atoms with Gasteiger partial charge in [0, 0.05) is 17.8 Å². The number of aromatic nitrogens is 4. The van der Waals surface area contributed by atoms with Crippen LogP contribution in [0.5, 0.6) is 0 Å². The molecular weight excluding hydrogens is 292 g/mol. The minimum Gasteiger partial charge on any atom is -0.290 e. The molecule has 3 rings (SSSR count). The number of nitrogens with one attached hydrogen (secondary N) is 1. The van der Waals surface area contributed by atoms with Crippen LogP contribution in [-0.2, 0) is 13.1 Å². The zero-order chi connectivity index (χ0) is 15.0. The number of aromatic amines is 1. The van der Waals surface area contributed by atoms with E-state index in [1.165, 1.54) is 0 Å². The molecule has 0 aliphatic rings. The van der Waals surface area contributed by atoms with E-state index in [2.05, 4.69) is 10.1 Å². The lowest BCUT2D eigenvalue weighted by Gasteiger charge is -2.03. The standard InChI is InChI=1S/C14H13ClN4O2/c1-2-19-13(20)10-8-18(17-12(10)16-14(19)21)7-9-5-3-4-6-11(9)15/h3-6,8H,2,7H2,1H3,(H,16,17,21). The van der Waals surface area contributed by atoms with Crippen LogP contribution in [-0.4, -0.2) is 19.3 Å². The summed E-state index contributed by atoms with van der Waals surface area (Å²) >= 11 is 6.11. The number of H-pyrrole nitrogens is 1. The number of halogens is 1. The first kappa shape index (κ1) is 13.6. The second kappa shape index (κ2) is 5.21. The van der Waals surface area contributed by atoms with Crippen LogP contribution in [0.4, 0.5) is 0 Å². The first-order valence-corrected chi connectivity index (χ1v) is 6.91. The molecule has 1 N–H and O–H groups in total. The molecule has 0 amide bonds. The summed E-state index contributed by atoms with van der Waals surface area (Å²) in [7, 11) is 0. The van der Waals surface area contributed by atoms with Crippen LogP contribution < -0.4 is 11.2 Å². The fourth-order valence-electron chi connectivity index (χ4n) is 2.25. The van der Waals surface area contributed by atoms with Gasteiger partial charge >= 0.3 is 5.69 Å². The van der Waals surface area contributed by atoms with Crippen molar-refractivity contribution in [2.24, 2.45) is 0 Å². The molecule has 0 atom stereocenters. The highest BCUT2D eigenvalue weighted by Gasteiger charge is 2.11. The smallest absolute Gasteiger partial charge is 0.290 e. The van der Waals surface area contributed by atoms with Gasteiger partial charge in [-0.2, -0.15) is 5.10 Å². The molecule has 0 aliphatic heterocycles. The van der Waals surface area contributed by atoms with Crippen LogP contribution in [0.15, 0.2) is 40.1 Å². The van der Waals surface area contributed by atoms with Crippen LogP contribution in [0.2, 0.25) is 5.02 Å². The molecule has 7 heteroatoms. The van der Waals surface area contributed by atoms with Crippen molar-refractivity contribution >= 4 is 22.6 Å². The summed E-state index contributed by atoms with van der Waals surface area (Å²) in [4.78, 5) is 26.5. The summed E-state index contributed by atoms with van der Waals surface area (Å²) < 4.78 is 2.74. The van der Waals surface area contributed by atoms with E-state index < -0.39 is 5.69 Å². The van der Waals surface area contributed by atoms with Gasteiger partial charge in [0.15, 0.2) is 5.65 Å². The van der Waals surface area contributed by atoms with Crippen molar-refractivity contribution in [1.29, 1.82) is 0 Å². The molecule has 3 aromatic rings. The summed E-state index contributed by atoms with van der Waals surface area (Å²) in [6.07, 6.45) is 1.63. The Labute approximate surface area is 124 Å². The highest BCUT2D eigenvalue weighted by molar-refractivity contribution is 6.31. The molecule has 21 heavy (non-hydrogen) atoms. The molecule has 108 valence electrons. The van der Waals surface area contributed by atoms with Gasteiger partial charge in [-0.15, -0.1) is 0 Å². The molecule has 0 fully saturated rings. The van der Waals surface area contributed by atoms with Crippen LogP contribution in [0, 0.1) is 0 Å². The van der Waals surface area contributed by atoms with Gasteiger partial charge in [-0.1, -0.05) is 29.8 Å². The summed E-state index contributed by atoms with van der Waals surface area (Å²) in [5, 5.41) is 5.26. The van der Waals surface area contributed by atoms with Crippen molar-refractivity contribution in [3.63, 3.8) is 0 Å². The lowest BCUT2D eigenvalue weighted by atomic mass is 10.2. The van der Waals surface area contributed by atoms with Gasteiger partial charge < -0.3 is 0 Å². The highest BCUT2D eigenvalue weighted by atomic mass is 35.5. The topological polar surface area (TPSA) is 72.7 Å². The molecule has 2 aromatic heterocycles. The quantitative estimate of drug-likeness (QED) is 0.799. The minimum atomic E-state index is -0.446. The fraction of sp³-hybridized carbons (Fsp3) is 0.214. The maximum Gasteiger partial charge on any atom is 0.330 e. The van der Waals surface area contributed by atoms with Crippen molar-refractivity contribution in [2.45, 2.75) is 20.0 Å². The average Bonchev–Trinajstić information content (AvgIpc) is 2.84. The molecular formula is C14H13ClN4O2. The largest absolute Gasteiger partial charge is 0.330 e. The van der Waals surface area contributed by atoms with E-state index in [0.717, 1.165) is 10.1 Å². The molecule has 0 bridgehead atoms. The Hall–Kier alpha value is -2.34. The SMILES string of the molecule is CCn1c(=O)[nH]c2nn(Cc3ccccc3Cl)cc2c1=O. The van der Waals surface area contributed by atoms with E-state index in [1.807, 2.05) is 18.2 Å². The van der Waals surface area contributed by atoms with Gasteiger partial charge in [0.1, 0.15) is 5.39 Å². The van der Waals surface area contributed by atoms with E-state index in [4.69, 9.17) is 11.6 Å². The van der Waals surface area contributed by atoms with Crippen molar-refractivity contribution < 1.29 is 0 Å². The third-order valence-corrected chi connectivity index (χ3v) is 3.68. The fourth-order valence-corrected chi connectivity index (χ4v) is 2.44. The zero-order valence-corrected chi connectivity index (χ0v) is 12.1. The molecule has 6 nitrogen and oxygen atoms in total. The van der Waals surface area contributed by atoms with Crippen LogP contribution in [0.3, 0.4) is 0 Å². The second-order valence-electron chi connectivity index (χ2n) is 4.66. The number of hydrogen-bond acceptors (Lipinski definition) is 3. The van der Waals surface area contributed by atoms with E-state index in [1.54, 1.807) is 23.9 Å². The van der Waals surface area contributed by atoms with E-state index in [-0.39, 0.29) is 5.56 Å². The Morgan fingerprint density at radius 1 is 1.29 bits per heavy atom. The van der Waals surface area contributed by atoms with E-state index >= 15 is 0 Å². The molecule has 0 radical (unpaired) electrons. The molecule has 0 spiro atoms. The van der Waals surface area contributed by atoms with Gasteiger partial charge in [0.05, 0.1) is 6.54 Å². The Morgan fingerprint density at radius 2 is 2.05 bits per heavy atom. The Bertz CT molecular complexity index is 923. The predicted octanol–water partition coefficient (Wildman–Crippen LogP) is 1.61. The number of nitrogens with zero attached hydrogens (tertiary/aromatic N) is 3. The zero-order valence-electron chi connectivity index (χ0n) is 11.3. The average molecular weight is 305 g/mol. The van der Waals surface area contributed by atoms with Gasteiger partial charge in [-0.3, -0.25) is 19.0 Å². The van der Waals surface area contributed by atoms with E-state index in [0.29, 0.717) is 29.1 Å². The molecule has 0 saturated heterocycles. The van der Waals surface area contributed by atoms with Gasteiger partial charge in [0.25, 0.3) is 5.56 Å². The van der Waals surface area contributed by atoms with Crippen LogP contribution in [0.25, 0.3) is 11.0 Å². The number of benzene rings is 1. The Morgan fingerprint density at radius 3 is 2.76 bits per heavy atom. The lowest BCUT2D eigenvalue weighted by molar-refractivity contribution is 0.679. The first-order valence-electron chi connectivity index (χ1n) is 6.54. The van der Waals surface area contributed by atoms with Crippen LogP contribution in [0.1, 0.15) is 12.5 Å². The molecule has 0 aliphatic carbocycles. The van der Waals surface area contributed by atoms with Gasteiger partial charge in [-0.05, 0) is 18.6 Å². The third kappa shape index (κ3) is 2.38. The molecule has 0 saturated carbocycles.